The Hall–Kier alpha value is -1.09. The molecule has 0 atom stereocenters. The second-order valence-electron chi connectivity index (χ2n) is 2.31. The van der Waals surface area contributed by atoms with E-state index in [1.54, 1.807) is 12.5 Å². The molecule has 0 N–H and O–H groups in total. The fraction of sp³-hybridized carbons (Fsp3) is 0. The highest BCUT2D eigenvalue weighted by Crippen LogP contribution is 2.25. The van der Waals surface area contributed by atoms with Gasteiger partial charge in [0, 0.05) is 10.7 Å². The van der Waals surface area contributed by atoms with Crippen molar-refractivity contribution in [3.05, 3.63) is 41.2 Å². The smallest absolute Gasteiger partial charge is 0.153 e. The summed E-state index contributed by atoms with van der Waals surface area (Å²) in [4.78, 5) is 4.18. The van der Waals surface area contributed by atoms with Gasteiger partial charge in [-0.1, -0.05) is 0 Å². The van der Waals surface area contributed by atoms with Crippen molar-refractivity contribution >= 4 is 15.9 Å². The lowest BCUT2D eigenvalue weighted by atomic mass is 10.3. The van der Waals surface area contributed by atoms with Gasteiger partial charge in [0.25, 0.3) is 0 Å². The Morgan fingerprint density at radius 2 is 2.17 bits per heavy atom. The molecule has 2 nitrogen and oxygen atoms in total. The van der Waals surface area contributed by atoms with Gasteiger partial charge in [-0.25, -0.2) is 0 Å². The quantitative estimate of drug-likeness (QED) is 0.743. The molecule has 2 aromatic heterocycles. The molecule has 2 rings (SSSR count). The van der Waals surface area contributed by atoms with Gasteiger partial charge in [0.05, 0.1) is 6.26 Å². The van der Waals surface area contributed by atoms with Crippen LogP contribution < -0.4 is 0 Å². The van der Waals surface area contributed by atoms with Crippen molar-refractivity contribution < 1.29 is 4.42 Å². The predicted molar refractivity (Wildman–Crippen MR) is 49.6 cm³/mol. The van der Waals surface area contributed by atoms with Gasteiger partial charge in [0.1, 0.15) is 5.69 Å². The van der Waals surface area contributed by atoms with E-state index in [1.165, 1.54) is 0 Å². The van der Waals surface area contributed by atoms with E-state index < -0.39 is 0 Å². The average molecular weight is 224 g/mol. The number of halogens is 1. The van der Waals surface area contributed by atoms with Gasteiger partial charge in [0.2, 0.25) is 0 Å². The summed E-state index contributed by atoms with van der Waals surface area (Å²) in [5.74, 6) is 0.780. The van der Waals surface area contributed by atoms with Crippen molar-refractivity contribution in [2.45, 2.75) is 0 Å². The van der Waals surface area contributed by atoms with Gasteiger partial charge in [-0.3, -0.25) is 4.98 Å². The van der Waals surface area contributed by atoms with Crippen molar-refractivity contribution in [2.75, 3.05) is 0 Å². The van der Waals surface area contributed by atoms with Gasteiger partial charge in [-0.15, -0.1) is 0 Å². The maximum atomic E-state index is 5.21. The Morgan fingerprint density at radius 1 is 1.25 bits per heavy atom. The van der Waals surface area contributed by atoms with E-state index in [-0.39, 0.29) is 0 Å². The number of hydrogen-bond donors (Lipinski definition) is 0. The van der Waals surface area contributed by atoms with Crippen LogP contribution in [0.5, 0.6) is 0 Å². The molecule has 0 aliphatic carbocycles. The maximum absolute atomic E-state index is 5.21. The third-order valence-electron chi connectivity index (χ3n) is 1.51. The first-order chi connectivity index (χ1) is 5.88. The first-order valence-corrected chi connectivity index (χ1v) is 4.31. The molecule has 0 spiro atoms. The van der Waals surface area contributed by atoms with E-state index in [4.69, 9.17) is 4.42 Å². The zero-order chi connectivity index (χ0) is 8.39. The van der Waals surface area contributed by atoms with Crippen molar-refractivity contribution in [1.82, 2.24) is 4.98 Å². The number of hydrogen-bond acceptors (Lipinski definition) is 2. The van der Waals surface area contributed by atoms with Crippen LogP contribution in [0.2, 0.25) is 0 Å². The van der Waals surface area contributed by atoms with Crippen molar-refractivity contribution in [3.63, 3.8) is 0 Å². The fourth-order valence-electron chi connectivity index (χ4n) is 0.980. The summed E-state index contributed by atoms with van der Waals surface area (Å²) in [6.07, 6.45) is 3.37. The lowest BCUT2D eigenvalue weighted by Gasteiger charge is -1.96. The topological polar surface area (TPSA) is 26.0 Å². The van der Waals surface area contributed by atoms with Gasteiger partial charge < -0.3 is 4.42 Å². The molecule has 0 radical (unpaired) electrons. The monoisotopic (exact) mass is 223 g/mol. The van der Waals surface area contributed by atoms with E-state index in [0.717, 1.165) is 15.9 Å². The van der Waals surface area contributed by atoms with Gasteiger partial charge >= 0.3 is 0 Å². The minimum atomic E-state index is 0.780. The number of aromatic nitrogens is 1. The average Bonchev–Trinajstić information content (AvgIpc) is 2.57. The molecular formula is C9H6BrNO. The summed E-state index contributed by atoms with van der Waals surface area (Å²) in [7, 11) is 0. The zero-order valence-electron chi connectivity index (χ0n) is 6.20. The van der Waals surface area contributed by atoms with Crippen LogP contribution >= 0.6 is 15.9 Å². The number of nitrogens with zero attached hydrogens (tertiary/aromatic N) is 1. The maximum Gasteiger partial charge on any atom is 0.153 e. The molecule has 12 heavy (non-hydrogen) atoms. The molecule has 3 heteroatoms. The highest BCUT2D eigenvalue weighted by atomic mass is 79.9. The summed E-state index contributed by atoms with van der Waals surface area (Å²) < 4.78 is 6.15. The highest BCUT2D eigenvalue weighted by molar-refractivity contribution is 9.10. The Bertz CT molecular complexity index is 370. The molecule has 0 aliphatic heterocycles. The van der Waals surface area contributed by atoms with Crippen LogP contribution in [0.3, 0.4) is 0 Å². The third-order valence-corrected chi connectivity index (χ3v) is 2.15. The largest absolute Gasteiger partial charge is 0.463 e. The SMILES string of the molecule is Brc1cccnc1-c1ccco1. The second kappa shape index (κ2) is 3.11. The van der Waals surface area contributed by atoms with Crippen molar-refractivity contribution in [1.29, 1.82) is 0 Å². The molecule has 2 aromatic rings. The molecule has 0 saturated heterocycles. The van der Waals surface area contributed by atoms with Crippen LogP contribution in [0.25, 0.3) is 11.5 Å². The summed E-state index contributed by atoms with van der Waals surface area (Å²) in [6.45, 7) is 0. The van der Waals surface area contributed by atoms with Gasteiger partial charge in [-0.05, 0) is 40.2 Å². The molecule has 0 saturated carbocycles. The second-order valence-corrected chi connectivity index (χ2v) is 3.17. The van der Waals surface area contributed by atoms with Crippen molar-refractivity contribution in [2.24, 2.45) is 0 Å². The molecule has 0 bridgehead atoms. The standard InChI is InChI=1S/C9H6BrNO/c10-7-3-1-5-11-9(7)8-4-2-6-12-8/h1-6H. The van der Waals surface area contributed by atoms with Crippen LogP contribution in [0.4, 0.5) is 0 Å². The molecular weight excluding hydrogens is 218 g/mol. The summed E-state index contributed by atoms with van der Waals surface area (Å²) in [5, 5.41) is 0. The van der Waals surface area contributed by atoms with E-state index >= 15 is 0 Å². The number of furan rings is 1. The van der Waals surface area contributed by atoms with E-state index in [9.17, 15) is 0 Å². The van der Waals surface area contributed by atoms with Gasteiger partial charge in [0.15, 0.2) is 5.76 Å². The molecule has 0 unspecified atom stereocenters. The van der Waals surface area contributed by atoms with Crippen LogP contribution in [0.1, 0.15) is 0 Å². The molecule has 0 amide bonds. The number of pyridine rings is 1. The van der Waals surface area contributed by atoms with Gasteiger partial charge in [-0.2, -0.15) is 0 Å². The lowest BCUT2D eigenvalue weighted by molar-refractivity contribution is 0.579. The Labute approximate surface area is 78.4 Å². The molecule has 60 valence electrons. The molecule has 0 fully saturated rings. The van der Waals surface area contributed by atoms with Crippen LogP contribution in [0, 0.1) is 0 Å². The zero-order valence-corrected chi connectivity index (χ0v) is 7.78. The van der Waals surface area contributed by atoms with Crippen LogP contribution in [-0.4, -0.2) is 4.98 Å². The Balaban J connectivity index is 2.55. The molecule has 0 aromatic carbocycles. The van der Waals surface area contributed by atoms with Crippen LogP contribution in [0.15, 0.2) is 45.6 Å². The Morgan fingerprint density at radius 3 is 2.83 bits per heavy atom. The predicted octanol–water partition coefficient (Wildman–Crippen LogP) is 3.10. The normalized spacial score (nSPS) is 10.1. The first-order valence-electron chi connectivity index (χ1n) is 3.52. The summed E-state index contributed by atoms with van der Waals surface area (Å²) in [6, 6.07) is 7.53. The number of rotatable bonds is 1. The third kappa shape index (κ3) is 1.28. The first kappa shape index (κ1) is 7.55. The summed E-state index contributed by atoms with van der Waals surface area (Å²) in [5.41, 5.74) is 0.836. The van der Waals surface area contributed by atoms with Crippen LogP contribution in [-0.2, 0) is 0 Å². The lowest BCUT2D eigenvalue weighted by Crippen LogP contribution is -1.80. The fourth-order valence-corrected chi connectivity index (χ4v) is 1.43. The van der Waals surface area contributed by atoms with Crippen molar-refractivity contribution in [3.8, 4) is 11.5 Å². The highest BCUT2D eigenvalue weighted by Gasteiger charge is 2.04. The molecule has 2 heterocycles. The Kier molecular flexibility index (Phi) is 1.96. The summed E-state index contributed by atoms with van der Waals surface area (Å²) >= 11 is 3.40. The van der Waals surface area contributed by atoms with E-state index in [1.807, 2.05) is 24.3 Å². The van der Waals surface area contributed by atoms with E-state index in [0.29, 0.717) is 0 Å². The van der Waals surface area contributed by atoms with E-state index in [2.05, 4.69) is 20.9 Å². The minimum absolute atomic E-state index is 0.780. The minimum Gasteiger partial charge on any atom is -0.463 e. The molecule has 0 aliphatic rings.